The minimum absolute atomic E-state index is 0.0958. The minimum Gasteiger partial charge on any atom is -0.495 e. The molecule has 0 radical (unpaired) electrons. The Labute approximate surface area is 180 Å². The van der Waals surface area contributed by atoms with Gasteiger partial charge in [0.1, 0.15) is 5.75 Å². The number of amides is 1. The van der Waals surface area contributed by atoms with E-state index in [2.05, 4.69) is 39.5 Å². The highest BCUT2D eigenvalue weighted by Gasteiger charge is 2.31. The van der Waals surface area contributed by atoms with E-state index in [1.807, 2.05) is 4.68 Å². The summed E-state index contributed by atoms with van der Waals surface area (Å²) < 4.78 is 7.54. The van der Waals surface area contributed by atoms with Gasteiger partial charge in [0.2, 0.25) is 11.9 Å². The Morgan fingerprint density at radius 2 is 2.13 bits per heavy atom. The molecule has 0 bridgehead atoms. The molecule has 162 valence electrons. The molecule has 2 aliphatic rings. The number of methoxy groups -OCH3 is 1. The van der Waals surface area contributed by atoms with Crippen LogP contribution in [0.3, 0.4) is 0 Å². The molecule has 3 aromatic rings. The lowest BCUT2D eigenvalue weighted by molar-refractivity contribution is -0.121. The molecule has 2 unspecified atom stereocenters. The van der Waals surface area contributed by atoms with Gasteiger partial charge in [-0.25, -0.2) is 9.67 Å². The Morgan fingerprint density at radius 1 is 1.26 bits per heavy atom. The topological polar surface area (TPSA) is 111 Å². The molecule has 31 heavy (non-hydrogen) atoms. The van der Waals surface area contributed by atoms with E-state index in [0.29, 0.717) is 12.4 Å². The average molecular weight is 422 g/mol. The van der Waals surface area contributed by atoms with Crippen LogP contribution in [0.15, 0.2) is 24.5 Å². The van der Waals surface area contributed by atoms with Crippen molar-refractivity contribution in [2.75, 3.05) is 26.0 Å². The smallest absolute Gasteiger partial charge is 0.229 e. The van der Waals surface area contributed by atoms with E-state index in [0.717, 1.165) is 54.8 Å². The average Bonchev–Trinajstić information content (AvgIpc) is 3.40. The van der Waals surface area contributed by atoms with Crippen molar-refractivity contribution in [1.82, 2.24) is 24.6 Å². The zero-order valence-electron chi connectivity index (χ0n) is 17.8. The largest absolute Gasteiger partial charge is 0.495 e. The Balaban J connectivity index is 1.45. The third-order valence-electron chi connectivity index (χ3n) is 6.46. The Morgan fingerprint density at radius 3 is 2.90 bits per heavy atom. The number of aromatic nitrogens is 4. The number of primary amides is 1. The van der Waals surface area contributed by atoms with Gasteiger partial charge in [-0.3, -0.25) is 4.79 Å². The molecular formula is C22H27N7O2. The molecule has 1 aliphatic heterocycles. The SMILES string of the molecule is COc1cc2c(cc1Nc1ncc3cnn(C4CCC(C(N)=O)C4)c3n1)CN(C)CC2. The van der Waals surface area contributed by atoms with Gasteiger partial charge in [0.05, 0.1) is 30.4 Å². The monoisotopic (exact) mass is 421 g/mol. The number of fused-ring (bicyclic) bond motifs is 2. The Kier molecular flexibility index (Phi) is 4.97. The third-order valence-corrected chi connectivity index (χ3v) is 6.46. The van der Waals surface area contributed by atoms with Crippen LogP contribution in [0, 0.1) is 5.92 Å². The maximum Gasteiger partial charge on any atom is 0.229 e. The number of nitrogens with two attached hydrogens (primary N) is 1. The fraction of sp³-hybridized carbons (Fsp3) is 0.455. The number of benzene rings is 1. The van der Waals surface area contributed by atoms with Crippen molar-refractivity contribution in [2.45, 2.75) is 38.3 Å². The first-order valence-electron chi connectivity index (χ1n) is 10.7. The lowest BCUT2D eigenvalue weighted by Gasteiger charge is -2.26. The maximum absolute atomic E-state index is 11.6. The van der Waals surface area contributed by atoms with Crippen molar-refractivity contribution < 1.29 is 9.53 Å². The van der Waals surface area contributed by atoms with Crippen molar-refractivity contribution in [3.63, 3.8) is 0 Å². The van der Waals surface area contributed by atoms with E-state index in [9.17, 15) is 4.79 Å². The van der Waals surface area contributed by atoms with Gasteiger partial charge in [-0.05, 0) is 56.0 Å². The molecule has 3 heterocycles. The van der Waals surface area contributed by atoms with Crippen molar-refractivity contribution in [3.05, 3.63) is 35.7 Å². The zero-order valence-corrected chi connectivity index (χ0v) is 17.8. The van der Waals surface area contributed by atoms with Crippen molar-refractivity contribution in [1.29, 1.82) is 0 Å². The molecule has 1 aliphatic carbocycles. The summed E-state index contributed by atoms with van der Waals surface area (Å²) in [6, 6.07) is 4.35. The number of anilines is 2. The van der Waals surface area contributed by atoms with Gasteiger partial charge in [0.25, 0.3) is 0 Å². The number of nitrogens with zero attached hydrogens (tertiary/aromatic N) is 5. The van der Waals surface area contributed by atoms with Gasteiger partial charge in [0, 0.05) is 25.2 Å². The molecule has 2 aromatic heterocycles. The zero-order chi connectivity index (χ0) is 21.5. The van der Waals surface area contributed by atoms with Gasteiger partial charge in [-0.1, -0.05) is 0 Å². The molecule has 1 amide bonds. The van der Waals surface area contributed by atoms with Crippen LogP contribution in [-0.4, -0.2) is 51.3 Å². The van der Waals surface area contributed by atoms with Gasteiger partial charge in [-0.2, -0.15) is 10.1 Å². The van der Waals surface area contributed by atoms with E-state index in [4.69, 9.17) is 15.5 Å². The molecule has 2 atom stereocenters. The van der Waals surface area contributed by atoms with Crippen LogP contribution in [0.4, 0.5) is 11.6 Å². The molecule has 1 fully saturated rings. The predicted octanol–water partition coefficient (Wildman–Crippen LogP) is 2.39. The molecular weight excluding hydrogens is 394 g/mol. The number of hydrogen-bond acceptors (Lipinski definition) is 7. The summed E-state index contributed by atoms with van der Waals surface area (Å²) in [6.07, 6.45) is 6.91. The number of likely N-dealkylation sites (N-methyl/N-ethyl adjacent to an activating group) is 1. The first-order valence-corrected chi connectivity index (χ1v) is 10.7. The first kappa shape index (κ1) is 19.7. The summed E-state index contributed by atoms with van der Waals surface area (Å²) in [7, 11) is 3.81. The van der Waals surface area contributed by atoms with E-state index in [-0.39, 0.29) is 17.9 Å². The summed E-state index contributed by atoms with van der Waals surface area (Å²) in [6.45, 7) is 1.95. The van der Waals surface area contributed by atoms with Gasteiger partial charge < -0.3 is 20.7 Å². The Bertz CT molecular complexity index is 1140. The fourth-order valence-corrected chi connectivity index (χ4v) is 4.72. The van der Waals surface area contributed by atoms with Crippen molar-refractivity contribution in [3.8, 4) is 5.75 Å². The van der Waals surface area contributed by atoms with Crippen LogP contribution in [-0.2, 0) is 17.8 Å². The molecule has 9 nitrogen and oxygen atoms in total. The lowest BCUT2D eigenvalue weighted by Crippen LogP contribution is -2.26. The fourth-order valence-electron chi connectivity index (χ4n) is 4.72. The standard InChI is InChI=1S/C22H27N7O2/c1-28-6-5-13-9-19(31-2)18(8-15(13)12-28)26-22-24-10-16-11-25-29(21(16)27-22)17-4-3-14(7-17)20(23)30/h8-11,14,17H,3-7,12H2,1-2H3,(H2,23,30)(H,24,26,27). The highest BCUT2D eigenvalue weighted by Crippen LogP contribution is 2.36. The summed E-state index contributed by atoms with van der Waals surface area (Å²) in [4.78, 5) is 23.1. The second-order valence-electron chi connectivity index (χ2n) is 8.56. The highest BCUT2D eigenvalue weighted by atomic mass is 16.5. The van der Waals surface area contributed by atoms with Gasteiger partial charge >= 0.3 is 0 Å². The normalized spacial score (nSPS) is 21.2. The summed E-state index contributed by atoms with van der Waals surface area (Å²) in [5, 5.41) is 8.72. The van der Waals surface area contributed by atoms with Crippen LogP contribution in [0.1, 0.15) is 36.4 Å². The molecule has 0 saturated heterocycles. The summed E-state index contributed by atoms with van der Waals surface area (Å²) in [5.41, 5.74) is 9.70. The van der Waals surface area contributed by atoms with E-state index in [1.165, 1.54) is 11.1 Å². The number of carbonyl (C=O) groups excluding carboxylic acids is 1. The minimum atomic E-state index is -0.235. The first-order chi connectivity index (χ1) is 15.0. The molecule has 1 aromatic carbocycles. The number of hydrogen-bond donors (Lipinski definition) is 2. The van der Waals surface area contributed by atoms with Gasteiger partial charge in [-0.15, -0.1) is 0 Å². The molecule has 3 N–H and O–H groups in total. The second kappa shape index (κ2) is 7.81. The lowest BCUT2D eigenvalue weighted by atomic mass is 9.99. The highest BCUT2D eigenvalue weighted by molar-refractivity contribution is 5.78. The second-order valence-corrected chi connectivity index (χ2v) is 8.56. The van der Waals surface area contributed by atoms with E-state index in [1.54, 1.807) is 19.5 Å². The van der Waals surface area contributed by atoms with Crippen molar-refractivity contribution in [2.24, 2.45) is 11.7 Å². The van der Waals surface area contributed by atoms with Crippen LogP contribution < -0.4 is 15.8 Å². The van der Waals surface area contributed by atoms with E-state index >= 15 is 0 Å². The van der Waals surface area contributed by atoms with Crippen LogP contribution in [0.25, 0.3) is 11.0 Å². The number of rotatable bonds is 5. The molecule has 9 heteroatoms. The number of nitrogens with one attached hydrogen (secondary N) is 1. The summed E-state index contributed by atoms with van der Waals surface area (Å²) in [5.74, 6) is 0.935. The quantitative estimate of drug-likeness (QED) is 0.651. The van der Waals surface area contributed by atoms with Crippen molar-refractivity contribution >= 4 is 28.6 Å². The third kappa shape index (κ3) is 3.69. The predicted molar refractivity (Wildman–Crippen MR) is 117 cm³/mol. The van der Waals surface area contributed by atoms with Crippen LogP contribution >= 0.6 is 0 Å². The Hall–Kier alpha value is -3.20. The van der Waals surface area contributed by atoms with Gasteiger partial charge in [0.15, 0.2) is 5.65 Å². The molecule has 1 saturated carbocycles. The molecule has 5 rings (SSSR count). The number of ether oxygens (including phenoxy) is 1. The number of carbonyl (C=O) groups is 1. The van der Waals surface area contributed by atoms with Crippen LogP contribution in [0.5, 0.6) is 5.75 Å². The molecule has 0 spiro atoms. The van der Waals surface area contributed by atoms with Crippen LogP contribution in [0.2, 0.25) is 0 Å². The maximum atomic E-state index is 11.6. The summed E-state index contributed by atoms with van der Waals surface area (Å²) >= 11 is 0. The van der Waals surface area contributed by atoms with E-state index < -0.39 is 0 Å².